The summed E-state index contributed by atoms with van der Waals surface area (Å²) < 4.78 is 7.60. The number of aliphatic imine (C=N–C) groups is 2. The van der Waals surface area contributed by atoms with E-state index in [1.54, 1.807) is 0 Å². The molecule has 11 rings (SSSR count). The van der Waals surface area contributed by atoms with Crippen molar-refractivity contribution in [3.05, 3.63) is 174 Å². The van der Waals surface area contributed by atoms with Gasteiger partial charge in [-0.05, 0) is 60.2 Å². The van der Waals surface area contributed by atoms with Crippen molar-refractivity contribution in [1.82, 2.24) is 9.88 Å². The van der Waals surface area contributed by atoms with Crippen molar-refractivity contribution in [2.45, 2.75) is 6.17 Å². The van der Waals surface area contributed by atoms with E-state index in [1.165, 1.54) is 67.8 Å². The Morgan fingerprint density at radius 3 is 1.96 bits per heavy atom. The van der Waals surface area contributed by atoms with Gasteiger partial charge < -0.3 is 9.88 Å². The highest BCUT2D eigenvalue weighted by Crippen LogP contribution is 2.45. The largest absolute Gasteiger partial charge is 0.344 e. The number of benzene rings is 7. The zero-order valence-electron chi connectivity index (χ0n) is 27.2. The molecule has 7 aromatic carbocycles. The minimum atomic E-state index is -0.234. The zero-order chi connectivity index (χ0) is 33.5. The van der Waals surface area contributed by atoms with E-state index >= 15 is 0 Å². The number of hydrogen-bond acceptors (Lipinski definition) is 5. The molecule has 0 bridgehead atoms. The maximum atomic E-state index is 5.17. The van der Waals surface area contributed by atoms with E-state index in [0.717, 1.165) is 28.4 Å². The number of nitrogens with one attached hydrogen (secondary N) is 1. The first-order valence-corrected chi connectivity index (χ1v) is 18.7. The number of nitrogens with zero attached hydrogens (tertiary/aromatic N) is 3. The topological polar surface area (TPSA) is 41.7 Å². The van der Waals surface area contributed by atoms with Crippen LogP contribution >= 0.6 is 22.7 Å². The molecule has 1 atom stereocenters. The van der Waals surface area contributed by atoms with Crippen molar-refractivity contribution < 1.29 is 0 Å². The van der Waals surface area contributed by atoms with Crippen LogP contribution in [0.5, 0.6) is 0 Å². The fourth-order valence-electron chi connectivity index (χ4n) is 7.69. The van der Waals surface area contributed by atoms with Gasteiger partial charge in [-0.15, -0.1) is 22.7 Å². The van der Waals surface area contributed by atoms with Gasteiger partial charge in [0.2, 0.25) is 0 Å². The molecule has 3 aromatic heterocycles. The van der Waals surface area contributed by atoms with Gasteiger partial charge in [0.25, 0.3) is 0 Å². The Labute approximate surface area is 301 Å². The lowest BCUT2D eigenvalue weighted by atomic mass is 10.0. The van der Waals surface area contributed by atoms with E-state index in [9.17, 15) is 0 Å². The number of aromatic nitrogens is 1. The normalized spacial score (nSPS) is 14.9. The van der Waals surface area contributed by atoms with E-state index < -0.39 is 0 Å². The smallest absolute Gasteiger partial charge is 0.159 e. The summed E-state index contributed by atoms with van der Waals surface area (Å²) in [5.74, 6) is 1.57. The number of hydrogen-bond donors (Lipinski definition) is 1. The highest BCUT2D eigenvalue weighted by Gasteiger charge is 2.22. The lowest BCUT2D eigenvalue weighted by molar-refractivity contribution is 0.674. The molecule has 4 nitrogen and oxygen atoms in total. The van der Waals surface area contributed by atoms with Crippen molar-refractivity contribution in [3.8, 4) is 5.69 Å². The van der Waals surface area contributed by atoms with Gasteiger partial charge in [0.05, 0.1) is 11.0 Å². The van der Waals surface area contributed by atoms with Crippen molar-refractivity contribution in [1.29, 1.82) is 0 Å². The molecule has 0 saturated carbocycles. The summed E-state index contributed by atoms with van der Waals surface area (Å²) in [6, 6.07) is 56.5. The lowest BCUT2D eigenvalue weighted by Crippen LogP contribution is -2.33. The summed E-state index contributed by atoms with van der Waals surface area (Å²) in [6.07, 6.45) is -0.234. The maximum absolute atomic E-state index is 5.17. The molecule has 6 heteroatoms. The van der Waals surface area contributed by atoms with Gasteiger partial charge in [-0.25, -0.2) is 9.98 Å². The monoisotopic (exact) mass is 688 g/mol. The third kappa shape index (κ3) is 4.50. The summed E-state index contributed by atoms with van der Waals surface area (Å²) >= 11 is 3.75. The first kappa shape index (κ1) is 28.7. The van der Waals surface area contributed by atoms with Gasteiger partial charge >= 0.3 is 0 Å². The summed E-state index contributed by atoms with van der Waals surface area (Å²) in [5.41, 5.74) is 6.80. The molecular weight excluding hydrogens is 661 g/mol. The second-order valence-corrected chi connectivity index (χ2v) is 15.2. The van der Waals surface area contributed by atoms with Crippen LogP contribution in [0.2, 0.25) is 0 Å². The molecule has 0 saturated heterocycles. The fraction of sp³-hybridized carbons (Fsp3) is 0.0222. The third-order valence-corrected chi connectivity index (χ3v) is 12.4. The number of fused-ring (bicyclic) bond motifs is 10. The number of thiophene rings is 2. The van der Waals surface area contributed by atoms with E-state index in [2.05, 4.69) is 143 Å². The third-order valence-electron chi connectivity index (χ3n) is 10.1. The molecule has 51 heavy (non-hydrogen) atoms. The first-order valence-electron chi connectivity index (χ1n) is 17.1. The number of amidine groups is 2. The Morgan fingerprint density at radius 2 is 1.18 bits per heavy atom. The second kappa shape index (κ2) is 11.2. The lowest BCUT2D eigenvalue weighted by Gasteiger charge is -2.23. The first-order chi connectivity index (χ1) is 25.3. The van der Waals surface area contributed by atoms with Crippen LogP contribution in [0.3, 0.4) is 0 Å². The van der Waals surface area contributed by atoms with E-state index in [-0.39, 0.29) is 6.17 Å². The van der Waals surface area contributed by atoms with Crippen LogP contribution in [0.25, 0.3) is 67.8 Å². The number of rotatable bonds is 4. The van der Waals surface area contributed by atoms with Crippen LogP contribution in [0.4, 0.5) is 0 Å². The minimum absolute atomic E-state index is 0.234. The zero-order valence-corrected chi connectivity index (χ0v) is 28.9. The molecular formula is C45H28N4S2. The molecule has 1 unspecified atom stereocenters. The predicted molar refractivity (Wildman–Crippen MR) is 218 cm³/mol. The number of para-hydroxylation sites is 2. The van der Waals surface area contributed by atoms with Crippen LogP contribution in [0.1, 0.15) is 22.9 Å². The highest BCUT2D eigenvalue weighted by atomic mass is 32.1. The second-order valence-electron chi connectivity index (χ2n) is 13.0. The van der Waals surface area contributed by atoms with Crippen LogP contribution in [0.15, 0.2) is 168 Å². The quantitative estimate of drug-likeness (QED) is 0.196. The Morgan fingerprint density at radius 1 is 0.510 bits per heavy atom. The average molecular weight is 689 g/mol. The highest BCUT2D eigenvalue weighted by molar-refractivity contribution is 7.29. The Hall–Kier alpha value is -6.08. The van der Waals surface area contributed by atoms with Gasteiger partial charge in [0, 0.05) is 67.9 Å². The molecule has 10 aromatic rings. The van der Waals surface area contributed by atoms with Crippen molar-refractivity contribution in [2.75, 3.05) is 0 Å². The van der Waals surface area contributed by atoms with Crippen LogP contribution in [-0.4, -0.2) is 16.2 Å². The van der Waals surface area contributed by atoms with Gasteiger partial charge in [0.1, 0.15) is 12.0 Å². The van der Waals surface area contributed by atoms with E-state index in [0.29, 0.717) is 0 Å². The molecule has 0 fully saturated rings. The molecule has 0 spiro atoms. The minimum Gasteiger partial charge on any atom is -0.344 e. The molecule has 1 aliphatic rings. The summed E-state index contributed by atoms with van der Waals surface area (Å²) in [5, 5.41) is 11.3. The van der Waals surface area contributed by atoms with Crippen molar-refractivity contribution in [3.63, 3.8) is 0 Å². The van der Waals surface area contributed by atoms with Gasteiger partial charge in [0.15, 0.2) is 5.84 Å². The molecule has 0 radical (unpaired) electrons. The molecule has 1 aliphatic heterocycles. The van der Waals surface area contributed by atoms with E-state index in [4.69, 9.17) is 9.98 Å². The van der Waals surface area contributed by atoms with Gasteiger partial charge in [-0.2, -0.15) is 0 Å². The molecule has 0 amide bonds. The molecule has 1 N–H and O–H groups in total. The van der Waals surface area contributed by atoms with Gasteiger partial charge in [-0.3, -0.25) is 0 Å². The Bertz CT molecular complexity index is 3000. The van der Waals surface area contributed by atoms with Crippen LogP contribution in [-0.2, 0) is 0 Å². The summed E-state index contributed by atoms with van der Waals surface area (Å²) in [4.78, 5) is 10.3. The van der Waals surface area contributed by atoms with Crippen molar-refractivity contribution in [2.24, 2.45) is 9.98 Å². The average Bonchev–Trinajstić information content (AvgIpc) is 3.87. The van der Waals surface area contributed by atoms with Gasteiger partial charge in [-0.1, -0.05) is 103 Å². The van der Waals surface area contributed by atoms with Crippen LogP contribution in [0, 0.1) is 0 Å². The SMILES string of the molecule is c1ccc(C2=NC(c3ccc4sc5ccc6c7cc(-n8c9ccccc9c9ccccc98)ccc7sc6c5c4c3)=NC(c3ccccc3)N2)cc1. The molecule has 4 heterocycles. The molecule has 0 aliphatic carbocycles. The summed E-state index contributed by atoms with van der Waals surface area (Å²) in [7, 11) is 0. The standard InChI is InChI=1S/C45H28N4S2/c1-3-11-27(12-4-1)43-46-44(28-13-5-2-6-14-28)48-45(47-43)29-19-22-39-35(25-29)41-40(50-39)24-21-33-34-26-30(20-23-38(34)51-42(33)41)49-36-17-9-7-15-31(36)32-16-8-10-18-37(32)49/h1-26,43H,(H,46,47,48). The van der Waals surface area contributed by atoms with Crippen molar-refractivity contribution >= 4 is 96.5 Å². The predicted octanol–water partition coefficient (Wildman–Crippen LogP) is 12.0. The van der Waals surface area contributed by atoms with Crippen LogP contribution < -0.4 is 5.32 Å². The fourth-order valence-corrected chi connectivity index (χ4v) is 10.1. The Kier molecular flexibility index (Phi) is 6.32. The summed E-state index contributed by atoms with van der Waals surface area (Å²) in [6.45, 7) is 0. The Balaban J connectivity index is 1.09. The maximum Gasteiger partial charge on any atom is 0.159 e. The molecule has 240 valence electrons. The van der Waals surface area contributed by atoms with E-state index in [1.807, 2.05) is 46.9 Å².